The molecule has 0 radical (unpaired) electrons. The van der Waals surface area contributed by atoms with Gasteiger partial charge in [0.2, 0.25) is 0 Å². The molecule has 4 fully saturated rings. The Morgan fingerprint density at radius 3 is 1.33 bits per heavy atom. The molecule has 0 unspecified atom stereocenters. The molecule has 4 saturated heterocycles. The maximum Gasteiger partial charge on any atom is 0.410 e. The van der Waals surface area contributed by atoms with Crippen molar-refractivity contribution in [3.63, 3.8) is 0 Å². The predicted molar refractivity (Wildman–Crippen MR) is 284 cm³/mol. The van der Waals surface area contributed by atoms with Gasteiger partial charge >= 0.3 is 12.2 Å². The van der Waals surface area contributed by atoms with E-state index in [1.54, 1.807) is 4.90 Å². The lowest BCUT2D eigenvalue weighted by atomic mass is 10.0. The number of carbonyl (C=O) groups is 2. The first-order chi connectivity index (χ1) is 31.2. The van der Waals surface area contributed by atoms with Crippen LogP contribution in [0.5, 0.6) is 0 Å². The van der Waals surface area contributed by atoms with E-state index in [0.29, 0.717) is 38.3 Å². The van der Waals surface area contributed by atoms with Crippen molar-refractivity contribution in [2.75, 3.05) is 112 Å². The molecule has 13 nitrogen and oxygen atoms in total. The van der Waals surface area contributed by atoms with Crippen molar-refractivity contribution in [2.45, 2.75) is 104 Å². The highest BCUT2D eigenvalue weighted by Gasteiger charge is 2.29. The minimum atomic E-state index is -0.487. The molecule has 4 aromatic rings. The van der Waals surface area contributed by atoms with E-state index >= 15 is 0 Å². The van der Waals surface area contributed by atoms with Crippen LogP contribution in [-0.2, 0) is 14.2 Å². The third-order valence-electron chi connectivity index (χ3n) is 12.1. The number of nitrogens with one attached hydrogen (secondary N) is 4. The number of anilines is 4. The van der Waals surface area contributed by atoms with Crippen molar-refractivity contribution in [1.82, 2.24) is 20.4 Å². The number of fused-ring (bicyclic) bond motifs is 2. The molecular weight excluding hydrogens is 888 g/mol. The number of hydrogen-bond acceptors (Lipinski definition) is 11. The molecule has 4 N–H and O–H groups in total. The van der Waals surface area contributed by atoms with Crippen LogP contribution in [0, 0.1) is 0 Å². The third kappa shape index (κ3) is 16.4. The molecule has 0 saturated carbocycles. The minimum Gasteiger partial charge on any atom is -0.444 e. The van der Waals surface area contributed by atoms with Crippen molar-refractivity contribution in [3.05, 3.63) is 72.8 Å². The molecule has 15 heteroatoms. The van der Waals surface area contributed by atoms with Gasteiger partial charge < -0.3 is 55.1 Å². The molecule has 4 aliphatic rings. The molecule has 2 amide bonds. The monoisotopic (exact) mass is 967 g/mol. The van der Waals surface area contributed by atoms with E-state index in [2.05, 4.69) is 104 Å². The van der Waals surface area contributed by atoms with Gasteiger partial charge in [0.25, 0.3) is 0 Å². The van der Waals surface area contributed by atoms with Crippen molar-refractivity contribution in [3.8, 4) is 0 Å². The van der Waals surface area contributed by atoms with Crippen LogP contribution in [0.1, 0.15) is 81.1 Å². The number of benzene rings is 4. The van der Waals surface area contributed by atoms with E-state index < -0.39 is 11.2 Å². The number of nitrogens with zero attached hydrogens (tertiary/aromatic N) is 4. The Kier molecular flexibility index (Phi) is 21.7. The molecule has 8 rings (SSSR count). The van der Waals surface area contributed by atoms with E-state index in [1.807, 2.05) is 60.3 Å². The molecule has 0 aliphatic carbocycles. The largest absolute Gasteiger partial charge is 0.444 e. The normalized spacial score (nSPS) is 17.2. The highest BCUT2D eigenvalue weighted by molar-refractivity contribution is 6.03. The number of carbonyl (C=O) groups excluding carboxylic acids is 2. The highest BCUT2D eigenvalue weighted by Crippen LogP contribution is 2.35. The summed E-state index contributed by atoms with van der Waals surface area (Å²) < 4.78 is 15.9. The van der Waals surface area contributed by atoms with Crippen molar-refractivity contribution in [2.24, 2.45) is 0 Å². The lowest BCUT2D eigenvalue weighted by Gasteiger charge is -2.37. The first-order valence-electron chi connectivity index (χ1n) is 24.2. The first-order valence-corrected chi connectivity index (χ1v) is 24.2. The van der Waals surface area contributed by atoms with E-state index in [4.69, 9.17) is 14.2 Å². The molecule has 0 aromatic heterocycles. The van der Waals surface area contributed by atoms with Crippen LogP contribution in [0.2, 0.25) is 0 Å². The third-order valence-corrected chi connectivity index (χ3v) is 12.1. The summed E-state index contributed by atoms with van der Waals surface area (Å²) in [4.78, 5) is 33.3. The van der Waals surface area contributed by atoms with Crippen LogP contribution in [-0.4, -0.2) is 137 Å². The average molecular weight is 968 g/mol. The summed E-state index contributed by atoms with van der Waals surface area (Å²) in [6, 6.07) is 27.1. The quantitative estimate of drug-likeness (QED) is 0.135. The van der Waals surface area contributed by atoms with Gasteiger partial charge in [0, 0.05) is 135 Å². The van der Waals surface area contributed by atoms with Gasteiger partial charge in [0.05, 0.1) is 0 Å². The van der Waals surface area contributed by atoms with Gasteiger partial charge in [-0.15, -0.1) is 24.8 Å². The number of ether oxygens (including phenoxy) is 3. The van der Waals surface area contributed by atoms with Gasteiger partial charge in [0.15, 0.2) is 0 Å². The van der Waals surface area contributed by atoms with Crippen LogP contribution in [0.15, 0.2) is 72.8 Å². The summed E-state index contributed by atoms with van der Waals surface area (Å²) in [5, 5.41) is 19.5. The predicted octanol–water partition coefficient (Wildman–Crippen LogP) is 10.0. The van der Waals surface area contributed by atoms with Crippen LogP contribution in [0.3, 0.4) is 0 Å². The number of rotatable bonds is 8. The van der Waals surface area contributed by atoms with Crippen molar-refractivity contribution >= 4 is 81.3 Å². The van der Waals surface area contributed by atoms with Crippen molar-refractivity contribution < 1.29 is 23.8 Å². The van der Waals surface area contributed by atoms with Gasteiger partial charge in [-0.1, -0.05) is 48.5 Å². The Labute approximate surface area is 413 Å². The van der Waals surface area contributed by atoms with Gasteiger partial charge in [-0.3, -0.25) is 0 Å². The molecule has 67 heavy (non-hydrogen) atoms. The van der Waals surface area contributed by atoms with Crippen LogP contribution in [0.4, 0.5) is 32.3 Å². The number of likely N-dealkylation sites (tertiary alicyclic amines) is 1. The maximum absolute atomic E-state index is 12.5. The summed E-state index contributed by atoms with van der Waals surface area (Å²) in [5.41, 5.74) is 3.99. The van der Waals surface area contributed by atoms with E-state index in [0.717, 1.165) is 84.1 Å². The zero-order chi connectivity index (χ0) is 46.4. The van der Waals surface area contributed by atoms with E-state index in [1.165, 1.54) is 51.4 Å². The van der Waals surface area contributed by atoms with Gasteiger partial charge in [0.1, 0.15) is 11.2 Å². The zero-order valence-corrected chi connectivity index (χ0v) is 43.1. The van der Waals surface area contributed by atoms with Crippen LogP contribution in [0.25, 0.3) is 21.5 Å². The van der Waals surface area contributed by atoms with E-state index in [9.17, 15) is 9.59 Å². The Morgan fingerprint density at radius 1 is 0.522 bits per heavy atom. The second-order valence-corrected chi connectivity index (χ2v) is 19.4. The molecule has 372 valence electrons. The van der Waals surface area contributed by atoms with Crippen LogP contribution >= 0.6 is 24.8 Å². The molecular formula is C52H80Cl2N8O5. The van der Waals surface area contributed by atoms with Gasteiger partial charge in [-0.05, 0) is 118 Å². The smallest absolute Gasteiger partial charge is 0.410 e. The lowest BCUT2D eigenvalue weighted by Crippen LogP contribution is -2.50. The van der Waals surface area contributed by atoms with E-state index in [-0.39, 0.29) is 37.0 Å². The summed E-state index contributed by atoms with van der Waals surface area (Å²) in [5.74, 6) is 0. The zero-order valence-electron chi connectivity index (χ0n) is 41.5. The molecule has 0 bridgehead atoms. The number of piperazine rings is 2. The number of halogens is 2. The topological polar surface area (TPSA) is 123 Å². The Balaban J connectivity index is 0.000000278. The lowest BCUT2D eigenvalue weighted by molar-refractivity contribution is 0.0207. The number of piperidine rings is 2. The summed E-state index contributed by atoms with van der Waals surface area (Å²) in [6.45, 7) is 27.8. The SMILES string of the molecule is CC(C)(C)OC(=O)N1CCC(Nc2ccc(N3CCN(C(=O)OC(C)(C)C)CC3)c3ccccc23)CC1.CCOCC.Cl.Cl.c1ccc2c(N3CCNCC3)ccc(NC3CCNCC3)c2c1. The number of amides is 2. The molecule has 4 aliphatic heterocycles. The number of hydrogen-bond donors (Lipinski definition) is 4. The van der Waals surface area contributed by atoms with Crippen molar-refractivity contribution in [1.29, 1.82) is 0 Å². The summed E-state index contributed by atoms with van der Waals surface area (Å²) in [6.07, 6.45) is 3.69. The standard InChI is InChI=1S/C29H42N4O4.C19H26N4.C4H10O.2ClH/c1-28(2,3)36-26(34)32-15-13-21(14-16-32)30-24-11-12-25(23-10-8-7-9-22(23)24)31-17-19-33(20-18-31)27(35)37-29(4,5)6;1-2-4-17-16(3-1)18(22-15-7-9-20-10-8-15)5-6-19(17)23-13-11-21-12-14-23;1-3-5-4-2;;/h7-12,21,30H,13-20H2,1-6H3;1-6,15,20-22H,7-14H2;3-4H2,1-2H3;2*1H. The van der Waals surface area contributed by atoms with Gasteiger partial charge in [-0.25, -0.2) is 9.59 Å². The molecule has 4 aromatic carbocycles. The minimum absolute atomic E-state index is 0. The second-order valence-electron chi connectivity index (χ2n) is 19.4. The Bertz CT molecular complexity index is 2120. The van der Waals surface area contributed by atoms with Crippen LogP contribution < -0.4 is 31.1 Å². The summed E-state index contributed by atoms with van der Waals surface area (Å²) in [7, 11) is 0. The molecule has 4 heterocycles. The Hall–Kier alpha value is -4.40. The fourth-order valence-corrected chi connectivity index (χ4v) is 8.87. The Morgan fingerprint density at radius 2 is 0.910 bits per heavy atom. The average Bonchev–Trinajstić information content (AvgIpc) is 3.30. The first kappa shape index (κ1) is 55.2. The summed E-state index contributed by atoms with van der Waals surface area (Å²) >= 11 is 0. The molecule has 0 atom stereocenters. The second kappa shape index (κ2) is 26.4. The maximum atomic E-state index is 12.5. The molecule has 0 spiro atoms. The fraction of sp³-hybridized carbons (Fsp3) is 0.577. The highest BCUT2D eigenvalue weighted by atomic mass is 35.5. The fourth-order valence-electron chi connectivity index (χ4n) is 8.87. The van der Waals surface area contributed by atoms with Gasteiger partial charge in [-0.2, -0.15) is 0 Å².